The van der Waals surface area contributed by atoms with Crippen LogP contribution in [0.25, 0.3) is 0 Å². The molecular formula is C11H24ClNS. The largest absolute Gasteiger partial charge is 0.317 e. The van der Waals surface area contributed by atoms with E-state index in [1.54, 1.807) is 0 Å². The first-order valence-corrected chi connectivity index (χ1v) is 7.45. The van der Waals surface area contributed by atoms with E-state index in [4.69, 9.17) is 11.6 Å². The lowest BCUT2D eigenvalue weighted by Gasteiger charge is -2.03. The number of halogens is 1. The van der Waals surface area contributed by atoms with Crippen molar-refractivity contribution in [2.75, 3.05) is 30.5 Å². The van der Waals surface area contributed by atoms with Gasteiger partial charge in [0.25, 0.3) is 0 Å². The maximum Gasteiger partial charge on any atom is 0.0223 e. The molecule has 3 heteroatoms. The van der Waals surface area contributed by atoms with Crippen LogP contribution < -0.4 is 5.32 Å². The minimum absolute atomic E-state index is 0.821. The molecular weight excluding hydrogens is 214 g/mol. The Morgan fingerprint density at radius 1 is 1.00 bits per heavy atom. The van der Waals surface area contributed by atoms with Gasteiger partial charge in [0.15, 0.2) is 0 Å². The maximum atomic E-state index is 5.59. The van der Waals surface area contributed by atoms with Crippen molar-refractivity contribution >= 4 is 23.4 Å². The molecule has 0 aliphatic carbocycles. The Balaban J connectivity index is 2.78. The number of alkyl halides is 1. The van der Waals surface area contributed by atoms with Crippen LogP contribution >= 0.6 is 23.4 Å². The number of hydrogen-bond donors (Lipinski definition) is 1. The Morgan fingerprint density at radius 2 is 1.71 bits per heavy atom. The molecule has 0 heterocycles. The Labute approximate surface area is 98.4 Å². The summed E-state index contributed by atoms with van der Waals surface area (Å²) in [5.74, 6) is 3.37. The Morgan fingerprint density at radius 3 is 2.43 bits per heavy atom. The van der Waals surface area contributed by atoms with Crippen molar-refractivity contribution in [2.45, 2.75) is 39.0 Å². The Hall–Kier alpha value is 0.600. The molecule has 0 aliphatic rings. The zero-order valence-corrected chi connectivity index (χ0v) is 10.9. The second-order valence-electron chi connectivity index (χ2n) is 3.40. The number of thioether (sulfide) groups is 1. The molecule has 0 aromatic rings. The molecule has 0 fully saturated rings. The van der Waals surface area contributed by atoms with Crippen LogP contribution in [0.4, 0.5) is 0 Å². The van der Waals surface area contributed by atoms with Crippen molar-refractivity contribution in [3.8, 4) is 0 Å². The minimum Gasteiger partial charge on any atom is -0.317 e. The minimum atomic E-state index is 0.821. The highest BCUT2D eigenvalue weighted by Crippen LogP contribution is 2.01. The van der Waals surface area contributed by atoms with Crippen LogP contribution in [0.1, 0.15) is 39.0 Å². The number of unbranched alkanes of at least 4 members (excludes halogenated alkanes) is 3. The Kier molecular flexibility index (Phi) is 14.2. The molecule has 0 bridgehead atoms. The van der Waals surface area contributed by atoms with Gasteiger partial charge in [-0.1, -0.05) is 19.8 Å². The third-order valence-corrected chi connectivity index (χ3v) is 3.34. The lowest BCUT2D eigenvalue weighted by atomic mass is 10.2. The third kappa shape index (κ3) is 12.6. The topological polar surface area (TPSA) is 12.0 Å². The molecule has 0 spiro atoms. The standard InChI is InChI=1S/C11H24ClNS/c1-2-14-11-7-10-13-9-6-4-3-5-8-12/h13H,2-11H2,1H3. The van der Waals surface area contributed by atoms with E-state index in [0.717, 1.165) is 5.88 Å². The van der Waals surface area contributed by atoms with Crippen LogP contribution in [0.2, 0.25) is 0 Å². The monoisotopic (exact) mass is 237 g/mol. The smallest absolute Gasteiger partial charge is 0.0223 e. The van der Waals surface area contributed by atoms with E-state index < -0.39 is 0 Å². The van der Waals surface area contributed by atoms with Crippen molar-refractivity contribution in [3.05, 3.63) is 0 Å². The van der Waals surface area contributed by atoms with Gasteiger partial charge in [0.05, 0.1) is 0 Å². The number of nitrogens with one attached hydrogen (secondary N) is 1. The molecule has 14 heavy (non-hydrogen) atoms. The molecule has 0 rings (SSSR count). The normalized spacial score (nSPS) is 10.7. The molecule has 0 atom stereocenters. The molecule has 1 N–H and O–H groups in total. The Bertz CT molecular complexity index is 89.3. The average Bonchev–Trinajstić information content (AvgIpc) is 2.21. The molecule has 1 nitrogen and oxygen atoms in total. The van der Waals surface area contributed by atoms with Crippen LogP contribution in [-0.4, -0.2) is 30.5 Å². The van der Waals surface area contributed by atoms with Gasteiger partial charge in [-0.05, 0) is 43.9 Å². The van der Waals surface area contributed by atoms with Crippen LogP contribution in [0.3, 0.4) is 0 Å². The molecule has 0 radical (unpaired) electrons. The van der Waals surface area contributed by atoms with Gasteiger partial charge in [-0.25, -0.2) is 0 Å². The first-order chi connectivity index (χ1) is 6.91. The fourth-order valence-electron chi connectivity index (χ4n) is 1.27. The van der Waals surface area contributed by atoms with Crippen LogP contribution in [0.5, 0.6) is 0 Å². The number of rotatable bonds is 11. The molecule has 0 aliphatic heterocycles. The quantitative estimate of drug-likeness (QED) is 0.436. The van der Waals surface area contributed by atoms with Gasteiger partial charge in [-0.3, -0.25) is 0 Å². The van der Waals surface area contributed by atoms with Crippen LogP contribution in [0.15, 0.2) is 0 Å². The van der Waals surface area contributed by atoms with E-state index in [-0.39, 0.29) is 0 Å². The number of hydrogen-bond acceptors (Lipinski definition) is 2. The summed E-state index contributed by atoms with van der Waals surface area (Å²) in [4.78, 5) is 0. The fraction of sp³-hybridized carbons (Fsp3) is 1.00. The molecule has 0 aromatic carbocycles. The van der Waals surface area contributed by atoms with Crippen molar-refractivity contribution in [3.63, 3.8) is 0 Å². The maximum absolute atomic E-state index is 5.59. The van der Waals surface area contributed by atoms with E-state index in [1.807, 2.05) is 11.8 Å². The molecule has 0 saturated heterocycles. The summed E-state index contributed by atoms with van der Waals surface area (Å²) in [5.41, 5.74) is 0. The second kappa shape index (κ2) is 13.6. The third-order valence-electron chi connectivity index (χ3n) is 2.08. The molecule has 86 valence electrons. The van der Waals surface area contributed by atoms with Crippen LogP contribution in [-0.2, 0) is 0 Å². The van der Waals surface area contributed by atoms with Gasteiger partial charge in [0.2, 0.25) is 0 Å². The zero-order valence-electron chi connectivity index (χ0n) is 9.36. The summed E-state index contributed by atoms with van der Waals surface area (Å²) >= 11 is 7.62. The summed E-state index contributed by atoms with van der Waals surface area (Å²) in [6, 6.07) is 0. The fourth-order valence-corrected chi connectivity index (χ4v) is 2.09. The average molecular weight is 238 g/mol. The first kappa shape index (κ1) is 14.6. The van der Waals surface area contributed by atoms with Crippen molar-refractivity contribution in [1.82, 2.24) is 5.32 Å². The lowest BCUT2D eigenvalue weighted by molar-refractivity contribution is 0.597. The summed E-state index contributed by atoms with van der Waals surface area (Å²) < 4.78 is 0. The predicted octanol–water partition coefficient (Wildman–Crippen LogP) is 3.52. The van der Waals surface area contributed by atoms with E-state index in [9.17, 15) is 0 Å². The lowest BCUT2D eigenvalue weighted by Crippen LogP contribution is -2.17. The summed E-state index contributed by atoms with van der Waals surface area (Å²) in [5, 5.41) is 3.47. The SMILES string of the molecule is CCSCCCNCCCCCCCl. The van der Waals surface area contributed by atoms with E-state index >= 15 is 0 Å². The van der Waals surface area contributed by atoms with Crippen molar-refractivity contribution in [2.24, 2.45) is 0 Å². The second-order valence-corrected chi connectivity index (χ2v) is 5.18. The van der Waals surface area contributed by atoms with Crippen molar-refractivity contribution in [1.29, 1.82) is 0 Å². The van der Waals surface area contributed by atoms with Gasteiger partial charge >= 0.3 is 0 Å². The summed E-state index contributed by atoms with van der Waals surface area (Å²) in [7, 11) is 0. The van der Waals surface area contributed by atoms with Gasteiger partial charge in [0.1, 0.15) is 0 Å². The summed E-state index contributed by atoms with van der Waals surface area (Å²) in [6.45, 7) is 4.58. The molecule has 0 saturated carbocycles. The van der Waals surface area contributed by atoms with Gasteiger partial charge in [-0.15, -0.1) is 11.6 Å². The highest BCUT2D eigenvalue weighted by atomic mass is 35.5. The van der Waals surface area contributed by atoms with E-state index in [0.29, 0.717) is 0 Å². The van der Waals surface area contributed by atoms with E-state index in [1.165, 1.54) is 56.7 Å². The van der Waals surface area contributed by atoms with Crippen LogP contribution in [0, 0.1) is 0 Å². The molecule has 0 amide bonds. The molecule has 0 unspecified atom stereocenters. The molecule has 0 aromatic heterocycles. The zero-order chi connectivity index (χ0) is 10.5. The van der Waals surface area contributed by atoms with Crippen molar-refractivity contribution < 1.29 is 0 Å². The first-order valence-electron chi connectivity index (χ1n) is 5.76. The highest BCUT2D eigenvalue weighted by Gasteiger charge is 1.90. The summed E-state index contributed by atoms with van der Waals surface area (Å²) in [6.07, 6.45) is 6.40. The van der Waals surface area contributed by atoms with Gasteiger partial charge in [-0.2, -0.15) is 11.8 Å². The predicted molar refractivity (Wildman–Crippen MR) is 69.7 cm³/mol. The highest BCUT2D eigenvalue weighted by molar-refractivity contribution is 7.99. The van der Waals surface area contributed by atoms with Gasteiger partial charge in [0, 0.05) is 5.88 Å². The van der Waals surface area contributed by atoms with Gasteiger partial charge < -0.3 is 5.32 Å². The van der Waals surface area contributed by atoms with E-state index in [2.05, 4.69) is 12.2 Å².